The highest BCUT2D eigenvalue weighted by Gasteiger charge is 2.15. The van der Waals surface area contributed by atoms with Crippen molar-refractivity contribution in [3.63, 3.8) is 0 Å². The quantitative estimate of drug-likeness (QED) is 0.625. The maximum Gasteiger partial charge on any atom is 0.345 e. The van der Waals surface area contributed by atoms with E-state index in [1.165, 1.54) is 6.20 Å². The van der Waals surface area contributed by atoms with Gasteiger partial charge in [0.1, 0.15) is 6.20 Å². The lowest BCUT2D eigenvalue weighted by Crippen LogP contribution is -2.08. The number of thiazole rings is 1. The van der Waals surface area contributed by atoms with Gasteiger partial charge in [-0.05, 0) is 29.5 Å². The van der Waals surface area contributed by atoms with Crippen LogP contribution in [-0.2, 0) is 0 Å². The van der Waals surface area contributed by atoms with E-state index in [0.717, 1.165) is 17.0 Å². The molecule has 0 N–H and O–H groups in total. The van der Waals surface area contributed by atoms with E-state index in [-0.39, 0.29) is 5.00 Å². The van der Waals surface area contributed by atoms with Crippen LogP contribution in [-0.4, -0.2) is 17.0 Å². The van der Waals surface area contributed by atoms with Crippen LogP contribution in [0.2, 0.25) is 0 Å². The molecule has 0 unspecified atom stereocenters. The summed E-state index contributed by atoms with van der Waals surface area (Å²) in [4.78, 5) is 15.8. The maximum absolute atomic E-state index is 10.6. The fourth-order valence-corrected chi connectivity index (χ4v) is 2.11. The summed E-state index contributed by atoms with van der Waals surface area (Å²) in [5.74, 6) is 0. The van der Waals surface area contributed by atoms with Crippen molar-refractivity contribution in [2.24, 2.45) is 0 Å². The Morgan fingerprint density at radius 1 is 1.56 bits per heavy atom. The molecule has 0 aliphatic heterocycles. The van der Waals surface area contributed by atoms with E-state index in [1.807, 2.05) is 12.1 Å². The van der Waals surface area contributed by atoms with E-state index in [1.54, 1.807) is 30.1 Å². The van der Waals surface area contributed by atoms with Crippen LogP contribution >= 0.6 is 11.3 Å². The molecular weight excluding hydrogens is 252 g/mol. The van der Waals surface area contributed by atoms with Crippen LogP contribution in [0.4, 0.5) is 15.8 Å². The first-order valence-corrected chi connectivity index (χ1v) is 5.77. The monoisotopic (exact) mass is 260 g/mol. The Kier molecular flexibility index (Phi) is 3.21. The van der Waals surface area contributed by atoms with Crippen LogP contribution in [0.1, 0.15) is 5.56 Å². The average Bonchev–Trinajstić information content (AvgIpc) is 2.87. The second-order valence-corrected chi connectivity index (χ2v) is 4.45. The molecule has 7 heteroatoms. The predicted molar refractivity (Wildman–Crippen MR) is 68.0 cm³/mol. The van der Waals surface area contributed by atoms with Gasteiger partial charge in [-0.1, -0.05) is 6.07 Å². The van der Waals surface area contributed by atoms with E-state index in [2.05, 4.69) is 4.98 Å². The summed E-state index contributed by atoms with van der Waals surface area (Å²) >= 11 is 0.990. The van der Waals surface area contributed by atoms with Gasteiger partial charge < -0.3 is 4.90 Å². The zero-order valence-electron chi connectivity index (χ0n) is 9.40. The number of rotatable bonds is 3. The summed E-state index contributed by atoms with van der Waals surface area (Å²) in [7, 11) is 1.75. The Morgan fingerprint density at radius 2 is 2.33 bits per heavy atom. The second-order valence-electron chi connectivity index (χ2n) is 3.46. The lowest BCUT2D eigenvalue weighted by Gasteiger charge is -2.15. The lowest BCUT2D eigenvalue weighted by atomic mass is 10.2. The first-order chi connectivity index (χ1) is 8.61. The van der Waals surface area contributed by atoms with Crippen molar-refractivity contribution in [1.29, 1.82) is 5.26 Å². The summed E-state index contributed by atoms with van der Waals surface area (Å²) in [5, 5.41) is 19.9. The van der Waals surface area contributed by atoms with Gasteiger partial charge in [0.05, 0.1) is 16.6 Å². The maximum atomic E-state index is 10.6. The molecule has 0 spiro atoms. The van der Waals surface area contributed by atoms with Crippen molar-refractivity contribution in [2.75, 3.05) is 11.9 Å². The van der Waals surface area contributed by atoms with Gasteiger partial charge in [0.15, 0.2) is 5.13 Å². The minimum Gasteiger partial charge on any atom is -0.321 e. The minimum absolute atomic E-state index is 0.00622. The van der Waals surface area contributed by atoms with Crippen molar-refractivity contribution >= 4 is 27.2 Å². The summed E-state index contributed by atoms with van der Waals surface area (Å²) in [6.07, 6.45) is 1.23. The predicted octanol–water partition coefficient (Wildman–Crippen LogP) is 2.69. The Bertz CT molecular complexity index is 632. The molecule has 0 atom stereocenters. The number of hydrogen-bond donors (Lipinski definition) is 0. The molecular formula is C11H8N4O2S. The van der Waals surface area contributed by atoms with Crippen molar-refractivity contribution in [3.05, 3.63) is 46.1 Å². The third-order valence-electron chi connectivity index (χ3n) is 2.31. The molecule has 2 rings (SSSR count). The number of nitriles is 1. The van der Waals surface area contributed by atoms with E-state index >= 15 is 0 Å². The molecule has 0 radical (unpaired) electrons. The fraction of sp³-hybridized carbons (Fsp3) is 0.0909. The number of anilines is 2. The normalized spacial score (nSPS) is 9.78. The van der Waals surface area contributed by atoms with Gasteiger partial charge in [0.2, 0.25) is 0 Å². The SMILES string of the molecule is CN(c1cccc(C#N)c1)c1ncc([N+](=O)[O-])s1. The van der Waals surface area contributed by atoms with Crippen molar-refractivity contribution in [1.82, 2.24) is 4.98 Å². The summed E-state index contributed by atoms with van der Waals surface area (Å²) in [6.45, 7) is 0. The molecule has 0 aliphatic rings. The Morgan fingerprint density at radius 3 is 2.94 bits per heavy atom. The first-order valence-electron chi connectivity index (χ1n) is 4.96. The Hall–Kier alpha value is -2.46. The molecule has 1 aromatic carbocycles. The van der Waals surface area contributed by atoms with Gasteiger partial charge in [-0.2, -0.15) is 5.26 Å². The molecule has 0 bridgehead atoms. The molecule has 18 heavy (non-hydrogen) atoms. The highest BCUT2D eigenvalue weighted by molar-refractivity contribution is 7.18. The topological polar surface area (TPSA) is 83.1 Å². The smallest absolute Gasteiger partial charge is 0.321 e. The minimum atomic E-state index is -0.472. The lowest BCUT2D eigenvalue weighted by molar-refractivity contribution is -0.380. The third kappa shape index (κ3) is 2.28. The molecule has 90 valence electrons. The molecule has 0 amide bonds. The van der Waals surface area contributed by atoms with Gasteiger partial charge in [-0.3, -0.25) is 10.1 Å². The highest BCUT2D eigenvalue weighted by atomic mass is 32.1. The highest BCUT2D eigenvalue weighted by Crippen LogP contribution is 2.31. The van der Waals surface area contributed by atoms with Gasteiger partial charge in [0, 0.05) is 12.7 Å². The van der Waals surface area contributed by atoms with Crippen LogP contribution in [0.3, 0.4) is 0 Å². The number of nitrogens with zero attached hydrogens (tertiary/aromatic N) is 4. The third-order valence-corrected chi connectivity index (χ3v) is 3.34. The number of nitro groups is 1. The van der Waals surface area contributed by atoms with E-state index in [9.17, 15) is 10.1 Å². The molecule has 1 heterocycles. The van der Waals surface area contributed by atoms with Crippen molar-refractivity contribution in [2.45, 2.75) is 0 Å². The molecule has 0 fully saturated rings. The average molecular weight is 260 g/mol. The molecule has 2 aromatic rings. The van der Waals surface area contributed by atoms with Crippen molar-refractivity contribution < 1.29 is 4.92 Å². The summed E-state index contributed by atoms with van der Waals surface area (Å²) < 4.78 is 0. The molecule has 6 nitrogen and oxygen atoms in total. The summed E-state index contributed by atoms with van der Waals surface area (Å²) in [5.41, 5.74) is 1.30. The fourth-order valence-electron chi connectivity index (χ4n) is 1.39. The zero-order valence-corrected chi connectivity index (χ0v) is 10.2. The van der Waals surface area contributed by atoms with Crippen LogP contribution in [0, 0.1) is 21.4 Å². The van der Waals surface area contributed by atoms with Crippen molar-refractivity contribution in [3.8, 4) is 6.07 Å². The van der Waals surface area contributed by atoms with Gasteiger partial charge in [-0.15, -0.1) is 0 Å². The molecule has 0 aliphatic carbocycles. The molecule has 0 saturated heterocycles. The second kappa shape index (κ2) is 4.81. The van der Waals surface area contributed by atoms with E-state index in [4.69, 9.17) is 5.26 Å². The zero-order chi connectivity index (χ0) is 13.1. The van der Waals surface area contributed by atoms with Crippen LogP contribution in [0.5, 0.6) is 0 Å². The van der Waals surface area contributed by atoms with Gasteiger partial charge in [0.25, 0.3) is 0 Å². The standard InChI is InChI=1S/C11H8N4O2S/c1-14(9-4-2-3-8(5-9)6-12)11-13-7-10(18-11)15(16)17/h2-5,7H,1H3. The number of aromatic nitrogens is 1. The number of hydrogen-bond acceptors (Lipinski definition) is 6. The first kappa shape index (κ1) is 12.0. The molecule has 0 saturated carbocycles. The summed E-state index contributed by atoms with van der Waals surface area (Å²) in [6, 6.07) is 9.01. The van der Waals surface area contributed by atoms with Crippen LogP contribution in [0.15, 0.2) is 30.5 Å². The van der Waals surface area contributed by atoms with Gasteiger partial charge >= 0.3 is 5.00 Å². The Balaban J connectivity index is 2.32. The Labute approximate surface area is 107 Å². The van der Waals surface area contributed by atoms with Gasteiger partial charge in [-0.25, -0.2) is 4.98 Å². The van der Waals surface area contributed by atoms with E-state index in [0.29, 0.717) is 10.7 Å². The molecule has 1 aromatic heterocycles. The van der Waals surface area contributed by atoms with Crippen LogP contribution < -0.4 is 4.90 Å². The van der Waals surface area contributed by atoms with Crippen LogP contribution in [0.25, 0.3) is 0 Å². The largest absolute Gasteiger partial charge is 0.345 e. The van der Waals surface area contributed by atoms with E-state index < -0.39 is 4.92 Å². The number of benzene rings is 1.